The van der Waals surface area contributed by atoms with E-state index < -0.39 is 0 Å². The molecule has 1 aliphatic heterocycles. The second-order valence-corrected chi connectivity index (χ2v) is 9.79. The number of nitrogen functional groups attached to an aromatic ring is 1. The molecule has 0 spiro atoms. The van der Waals surface area contributed by atoms with Crippen LogP contribution in [0.25, 0.3) is 11.1 Å². The van der Waals surface area contributed by atoms with Crippen molar-refractivity contribution in [2.45, 2.75) is 46.6 Å². The third-order valence-electron chi connectivity index (χ3n) is 7.33. The number of benzene rings is 1. The lowest BCUT2D eigenvalue weighted by atomic mass is 9.86. The van der Waals surface area contributed by atoms with E-state index in [4.69, 9.17) is 10.5 Å². The van der Waals surface area contributed by atoms with Crippen LogP contribution in [0.2, 0.25) is 0 Å². The van der Waals surface area contributed by atoms with Crippen molar-refractivity contribution in [2.75, 3.05) is 39.0 Å². The number of nitriles is 1. The lowest BCUT2D eigenvalue weighted by Gasteiger charge is -2.35. The maximum atomic E-state index is 14.0. The summed E-state index contributed by atoms with van der Waals surface area (Å²) >= 11 is 0. The van der Waals surface area contributed by atoms with E-state index >= 15 is 0 Å². The Morgan fingerprint density at radius 3 is 2.63 bits per heavy atom. The van der Waals surface area contributed by atoms with Gasteiger partial charge in [-0.15, -0.1) is 0 Å². The number of amides is 1. The number of fused-ring (bicyclic) bond motifs is 1. The molecule has 1 aromatic carbocycles. The van der Waals surface area contributed by atoms with E-state index in [0.29, 0.717) is 42.3 Å². The molecule has 8 nitrogen and oxygen atoms in total. The summed E-state index contributed by atoms with van der Waals surface area (Å²) in [6.07, 6.45) is 4.73. The van der Waals surface area contributed by atoms with Crippen molar-refractivity contribution in [2.24, 2.45) is 0 Å². The Bertz CT molecular complexity index is 1380. The normalized spacial score (nSPS) is 13.8. The molecule has 0 saturated carbocycles. The van der Waals surface area contributed by atoms with E-state index in [0.717, 1.165) is 53.0 Å². The van der Waals surface area contributed by atoms with Gasteiger partial charge in [-0.05, 0) is 76.0 Å². The number of ether oxygens (including phenoxy) is 1. The molecule has 0 aliphatic carbocycles. The second-order valence-electron chi connectivity index (χ2n) is 9.79. The Labute approximate surface area is 225 Å². The monoisotopic (exact) mass is 512 g/mol. The third kappa shape index (κ3) is 5.48. The van der Waals surface area contributed by atoms with Crippen molar-refractivity contribution in [3.63, 3.8) is 0 Å². The molecule has 1 unspecified atom stereocenters. The van der Waals surface area contributed by atoms with Gasteiger partial charge in [-0.25, -0.2) is 0 Å². The van der Waals surface area contributed by atoms with Crippen molar-refractivity contribution >= 4 is 11.6 Å². The van der Waals surface area contributed by atoms with E-state index in [1.165, 1.54) is 6.20 Å². The standard InChI is InChI=1S/C30H36N6O2/c1-6-35(5)10-8-21-12-26(25-14-23(32)18-33-19(25)3)24-9-11-36(30(37)27(24)13-21)20(4)28-15-29(38-7-2)22(16-31)17-34-28/h12-15,17-18,20H,6-11,32H2,1-5H3. The second kappa shape index (κ2) is 11.6. The number of carbonyl (C=O) groups is 1. The Balaban J connectivity index is 1.75. The maximum absolute atomic E-state index is 14.0. The van der Waals surface area contributed by atoms with Crippen molar-refractivity contribution in [1.82, 2.24) is 19.8 Å². The predicted molar refractivity (Wildman–Crippen MR) is 149 cm³/mol. The number of rotatable bonds is 9. The molecule has 0 saturated heterocycles. The number of pyridine rings is 2. The molecular weight excluding hydrogens is 476 g/mol. The molecule has 2 N–H and O–H groups in total. The van der Waals surface area contributed by atoms with E-state index in [9.17, 15) is 10.1 Å². The summed E-state index contributed by atoms with van der Waals surface area (Å²) in [5, 5.41) is 9.40. The lowest BCUT2D eigenvalue weighted by Crippen LogP contribution is -2.40. The van der Waals surface area contributed by atoms with Crippen LogP contribution in [0.4, 0.5) is 5.69 Å². The molecule has 1 amide bonds. The fraction of sp³-hybridized carbons (Fsp3) is 0.400. The molecule has 1 atom stereocenters. The molecule has 2 aromatic heterocycles. The van der Waals surface area contributed by atoms with Gasteiger partial charge in [0.1, 0.15) is 17.4 Å². The molecule has 198 valence electrons. The zero-order valence-electron chi connectivity index (χ0n) is 22.9. The number of hydrogen-bond acceptors (Lipinski definition) is 7. The zero-order valence-corrected chi connectivity index (χ0v) is 22.9. The van der Waals surface area contributed by atoms with Crippen molar-refractivity contribution in [3.05, 3.63) is 70.3 Å². The summed E-state index contributed by atoms with van der Waals surface area (Å²) in [6.45, 7) is 10.8. The fourth-order valence-corrected chi connectivity index (χ4v) is 4.93. The number of nitrogens with two attached hydrogens (primary N) is 1. The average Bonchev–Trinajstić information content (AvgIpc) is 2.92. The summed E-state index contributed by atoms with van der Waals surface area (Å²) in [4.78, 5) is 27.1. The summed E-state index contributed by atoms with van der Waals surface area (Å²) < 4.78 is 5.66. The van der Waals surface area contributed by atoms with Gasteiger partial charge in [0.15, 0.2) is 0 Å². The van der Waals surface area contributed by atoms with Crippen LogP contribution >= 0.6 is 0 Å². The van der Waals surface area contributed by atoms with Crippen LogP contribution in [-0.4, -0.2) is 59.0 Å². The number of aromatic nitrogens is 2. The van der Waals surface area contributed by atoms with E-state index in [-0.39, 0.29) is 11.9 Å². The van der Waals surface area contributed by atoms with Crippen LogP contribution in [0.5, 0.6) is 5.75 Å². The highest BCUT2D eigenvalue weighted by atomic mass is 16.5. The molecule has 4 rings (SSSR count). The summed E-state index contributed by atoms with van der Waals surface area (Å²) in [5.74, 6) is 0.468. The predicted octanol–water partition coefficient (Wildman–Crippen LogP) is 4.56. The minimum atomic E-state index is -0.281. The number of anilines is 1. The van der Waals surface area contributed by atoms with Crippen LogP contribution in [-0.2, 0) is 12.8 Å². The van der Waals surface area contributed by atoms with E-state index in [1.54, 1.807) is 12.3 Å². The van der Waals surface area contributed by atoms with Gasteiger partial charge in [0, 0.05) is 42.2 Å². The topological polar surface area (TPSA) is 108 Å². The van der Waals surface area contributed by atoms with Crippen LogP contribution in [0.1, 0.15) is 65.2 Å². The highest BCUT2D eigenvalue weighted by Crippen LogP contribution is 2.36. The van der Waals surface area contributed by atoms with Crippen molar-refractivity contribution < 1.29 is 9.53 Å². The van der Waals surface area contributed by atoms with Crippen LogP contribution in [0, 0.1) is 18.3 Å². The minimum absolute atomic E-state index is 0.0238. The molecule has 3 aromatic rings. The fourth-order valence-electron chi connectivity index (χ4n) is 4.93. The Morgan fingerprint density at radius 1 is 1.16 bits per heavy atom. The number of carbonyl (C=O) groups excluding carboxylic acids is 1. The highest BCUT2D eigenvalue weighted by molar-refractivity contribution is 5.99. The van der Waals surface area contributed by atoms with Gasteiger partial charge in [-0.3, -0.25) is 14.8 Å². The molecule has 3 heterocycles. The van der Waals surface area contributed by atoms with Gasteiger partial charge in [-0.2, -0.15) is 5.26 Å². The molecule has 1 aliphatic rings. The van der Waals surface area contributed by atoms with E-state index in [1.807, 2.05) is 31.7 Å². The highest BCUT2D eigenvalue weighted by Gasteiger charge is 2.32. The smallest absolute Gasteiger partial charge is 0.254 e. The first-order valence-corrected chi connectivity index (χ1v) is 13.2. The molecule has 8 heteroatoms. The minimum Gasteiger partial charge on any atom is -0.492 e. The number of hydrogen-bond donors (Lipinski definition) is 1. The Hall–Kier alpha value is -3.96. The molecule has 0 fully saturated rings. The Kier molecular flexibility index (Phi) is 8.28. The number of nitrogens with zero attached hydrogens (tertiary/aromatic N) is 5. The first kappa shape index (κ1) is 27.1. The zero-order chi connectivity index (χ0) is 27.4. The first-order chi connectivity index (χ1) is 18.3. The van der Waals surface area contributed by atoms with Gasteiger partial charge in [0.25, 0.3) is 5.91 Å². The molecule has 0 radical (unpaired) electrons. The Morgan fingerprint density at radius 2 is 1.92 bits per heavy atom. The molecule has 0 bridgehead atoms. The number of aryl methyl sites for hydroxylation is 1. The summed E-state index contributed by atoms with van der Waals surface area (Å²) in [6, 6.07) is 9.83. The van der Waals surface area contributed by atoms with Crippen LogP contribution in [0.3, 0.4) is 0 Å². The number of likely N-dealkylation sites (N-methyl/N-ethyl adjacent to an activating group) is 1. The summed E-state index contributed by atoms with van der Waals surface area (Å²) in [7, 11) is 2.10. The summed E-state index contributed by atoms with van der Waals surface area (Å²) in [5.41, 5.74) is 13.6. The average molecular weight is 513 g/mol. The largest absolute Gasteiger partial charge is 0.492 e. The lowest BCUT2D eigenvalue weighted by molar-refractivity contribution is 0.0669. The van der Waals surface area contributed by atoms with Gasteiger partial charge < -0.3 is 20.3 Å². The van der Waals surface area contributed by atoms with Gasteiger partial charge in [0.05, 0.1) is 30.2 Å². The SMILES string of the molecule is CCOc1cc(C(C)N2CCc3c(cc(CCN(C)CC)cc3-c3cc(N)cnc3C)C2=O)ncc1C#N. The van der Waals surface area contributed by atoms with E-state index in [2.05, 4.69) is 47.0 Å². The van der Waals surface area contributed by atoms with Gasteiger partial charge in [0.2, 0.25) is 0 Å². The van der Waals surface area contributed by atoms with Crippen LogP contribution < -0.4 is 10.5 Å². The van der Waals surface area contributed by atoms with Crippen molar-refractivity contribution in [3.8, 4) is 22.9 Å². The first-order valence-electron chi connectivity index (χ1n) is 13.2. The molecular formula is C30H36N6O2. The quantitative estimate of drug-likeness (QED) is 0.448. The van der Waals surface area contributed by atoms with Gasteiger partial charge >= 0.3 is 0 Å². The third-order valence-corrected chi connectivity index (χ3v) is 7.33. The van der Waals surface area contributed by atoms with Crippen molar-refractivity contribution in [1.29, 1.82) is 5.26 Å². The molecule has 38 heavy (non-hydrogen) atoms. The maximum Gasteiger partial charge on any atom is 0.254 e. The van der Waals surface area contributed by atoms with Crippen LogP contribution in [0.15, 0.2) is 36.7 Å². The van der Waals surface area contributed by atoms with Gasteiger partial charge in [-0.1, -0.05) is 13.0 Å².